The zero-order valence-electron chi connectivity index (χ0n) is 23.0. The van der Waals surface area contributed by atoms with Gasteiger partial charge < -0.3 is 20.7 Å². The summed E-state index contributed by atoms with van der Waals surface area (Å²) in [6.07, 6.45) is -10.0. The molecule has 2 aromatic heterocycles. The number of aromatic nitrogens is 4. The Balaban J connectivity index is 1.42. The number of rotatable bonds is 7. The largest absolute Gasteiger partial charge is 0.419 e. The summed E-state index contributed by atoms with van der Waals surface area (Å²) in [6.45, 7) is 5.66. The lowest BCUT2D eigenvalue weighted by molar-refractivity contribution is -0.137. The molecular weight excluding hydrogens is 601 g/mol. The van der Waals surface area contributed by atoms with Gasteiger partial charge in [-0.1, -0.05) is 12.1 Å². The van der Waals surface area contributed by atoms with Crippen molar-refractivity contribution in [3.63, 3.8) is 0 Å². The SMILES string of the molecule is Cc1nc(NCCN2CCOCC2)nc2n[nH]c(-c3cccc(NC(=O)Nc4cc(F)ccc4C(F)(F)F)c3C(F)(F)F)c12. The first-order valence-electron chi connectivity index (χ1n) is 13.2. The van der Waals surface area contributed by atoms with Crippen LogP contribution in [0, 0.1) is 12.7 Å². The second-order valence-electron chi connectivity index (χ2n) is 9.80. The molecule has 3 heterocycles. The minimum Gasteiger partial charge on any atom is -0.379 e. The van der Waals surface area contributed by atoms with E-state index in [0.717, 1.165) is 25.2 Å². The molecule has 17 heteroatoms. The average molecular weight is 627 g/mol. The van der Waals surface area contributed by atoms with E-state index in [1.807, 2.05) is 5.32 Å². The molecule has 4 N–H and O–H groups in total. The van der Waals surface area contributed by atoms with Gasteiger partial charge in [0.1, 0.15) is 5.82 Å². The number of benzene rings is 2. The van der Waals surface area contributed by atoms with Crippen molar-refractivity contribution in [2.45, 2.75) is 19.3 Å². The average Bonchev–Trinajstić information content (AvgIpc) is 3.37. The number of fused-ring (bicyclic) bond motifs is 1. The van der Waals surface area contributed by atoms with E-state index in [0.29, 0.717) is 50.2 Å². The standard InChI is InChI=1S/C27H25F7N8O2/c1-14-20-22(40-41-23(20)39-24(36-14)35-7-8-42-9-11-44-12-10-42)16-3-2-4-18(21(16)27(32,33)34)37-25(43)38-19-13-15(28)5-6-17(19)26(29,30)31/h2-6,13H,7-12H2,1H3,(H2,37,38,43)(H2,35,36,39,40,41). The quantitative estimate of drug-likeness (QED) is 0.189. The molecule has 44 heavy (non-hydrogen) atoms. The Morgan fingerprint density at radius 1 is 1.00 bits per heavy atom. The number of urea groups is 1. The number of aromatic amines is 1. The Kier molecular flexibility index (Phi) is 8.60. The summed E-state index contributed by atoms with van der Waals surface area (Å²) in [5.41, 5.74) is -4.51. The molecule has 0 radical (unpaired) electrons. The van der Waals surface area contributed by atoms with Crippen molar-refractivity contribution in [2.75, 3.05) is 55.3 Å². The van der Waals surface area contributed by atoms with Crippen molar-refractivity contribution in [1.29, 1.82) is 0 Å². The van der Waals surface area contributed by atoms with E-state index in [1.54, 1.807) is 12.2 Å². The third kappa shape index (κ3) is 6.83. The highest BCUT2D eigenvalue weighted by Gasteiger charge is 2.39. The highest BCUT2D eigenvalue weighted by atomic mass is 19.4. The summed E-state index contributed by atoms with van der Waals surface area (Å²) in [7, 11) is 0. The molecule has 4 aromatic rings. The van der Waals surface area contributed by atoms with E-state index in [2.05, 4.69) is 30.4 Å². The van der Waals surface area contributed by atoms with Crippen molar-refractivity contribution >= 4 is 34.4 Å². The van der Waals surface area contributed by atoms with Gasteiger partial charge >= 0.3 is 18.4 Å². The molecule has 0 atom stereocenters. The summed E-state index contributed by atoms with van der Waals surface area (Å²) in [5.74, 6) is -0.856. The molecule has 0 saturated carbocycles. The van der Waals surface area contributed by atoms with E-state index in [1.165, 1.54) is 6.07 Å². The number of amides is 2. The van der Waals surface area contributed by atoms with Gasteiger partial charge in [-0.25, -0.2) is 14.2 Å². The molecule has 0 aliphatic carbocycles. The van der Waals surface area contributed by atoms with E-state index in [9.17, 15) is 35.5 Å². The predicted octanol–water partition coefficient (Wildman–Crippen LogP) is 5.89. The molecule has 1 aliphatic rings. The number of carbonyl (C=O) groups excluding carboxylic acids is 1. The van der Waals surface area contributed by atoms with E-state index in [-0.39, 0.29) is 22.7 Å². The fourth-order valence-corrected chi connectivity index (χ4v) is 4.83. The molecule has 234 valence electrons. The van der Waals surface area contributed by atoms with Crippen LogP contribution in [-0.2, 0) is 17.1 Å². The fourth-order valence-electron chi connectivity index (χ4n) is 4.83. The normalized spacial score (nSPS) is 14.5. The van der Waals surface area contributed by atoms with Crippen LogP contribution >= 0.6 is 0 Å². The predicted molar refractivity (Wildman–Crippen MR) is 147 cm³/mol. The van der Waals surface area contributed by atoms with Crippen molar-refractivity contribution in [2.24, 2.45) is 0 Å². The smallest absolute Gasteiger partial charge is 0.379 e. The monoisotopic (exact) mass is 626 g/mol. The molecule has 0 spiro atoms. The lowest BCUT2D eigenvalue weighted by atomic mass is 9.99. The van der Waals surface area contributed by atoms with Gasteiger partial charge in [0.15, 0.2) is 5.65 Å². The Morgan fingerprint density at radius 2 is 1.73 bits per heavy atom. The van der Waals surface area contributed by atoms with Crippen LogP contribution in [0.1, 0.15) is 16.8 Å². The van der Waals surface area contributed by atoms with Gasteiger partial charge in [0.25, 0.3) is 0 Å². The first kappa shape index (κ1) is 30.9. The Bertz CT molecular complexity index is 1670. The number of halogens is 7. The van der Waals surface area contributed by atoms with Gasteiger partial charge in [-0.05, 0) is 31.2 Å². The first-order chi connectivity index (χ1) is 20.8. The van der Waals surface area contributed by atoms with Crippen LogP contribution in [-0.4, -0.2) is 70.5 Å². The molecule has 1 aliphatic heterocycles. The van der Waals surface area contributed by atoms with Crippen molar-refractivity contribution < 1.29 is 40.3 Å². The number of nitrogens with one attached hydrogen (secondary N) is 4. The number of carbonyl (C=O) groups is 1. The maximum atomic E-state index is 14.5. The molecule has 0 bridgehead atoms. The topological polar surface area (TPSA) is 120 Å². The Morgan fingerprint density at radius 3 is 2.43 bits per heavy atom. The van der Waals surface area contributed by atoms with E-state index < -0.39 is 52.3 Å². The summed E-state index contributed by atoms with van der Waals surface area (Å²) in [4.78, 5) is 23.5. The van der Waals surface area contributed by atoms with Gasteiger partial charge in [-0.3, -0.25) is 10.00 Å². The maximum absolute atomic E-state index is 14.5. The number of H-pyrrole nitrogens is 1. The highest BCUT2D eigenvalue weighted by molar-refractivity contribution is 6.02. The van der Waals surface area contributed by atoms with Crippen LogP contribution in [0.2, 0.25) is 0 Å². The van der Waals surface area contributed by atoms with Crippen molar-refractivity contribution in [3.8, 4) is 11.3 Å². The Hall–Kier alpha value is -4.51. The minimum atomic E-state index is -5.04. The second-order valence-corrected chi connectivity index (χ2v) is 9.80. The molecule has 5 rings (SSSR count). The molecular formula is C27H25F7N8O2. The number of alkyl halides is 6. The Labute approximate surface area is 245 Å². The minimum absolute atomic E-state index is 0.0850. The molecule has 2 amide bonds. The van der Waals surface area contributed by atoms with Gasteiger partial charge in [0.2, 0.25) is 5.95 Å². The van der Waals surface area contributed by atoms with Crippen LogP contribution in [0.15, 0.2) is 36.4 Å². The third-order valence-electron chi connectivity index (χ3n) is 6.81. The number of nitrogens with zero attached hydrogens (tertiary/aromatic N) is 4. The van der Waals surface area contributed by atoms with Gasteiger partial charge in [-0.15, -0.1) is 0 Å². The molecule has 10 nitrogen and oxygen atoms in total. The molecule has 1 saturated heterocycles. The fraction of sp³-hybridized carbons (Fsp3) is 0.333. The maximum Gasteiger partial charge on any atom is 0.419 e. The summed E-state index contributed by atoms with van der Waals surface area (Å²) in [6, 6.07) is 3.20. The summed E-state index contributed by atoms with van der Waals surface area (Å²) < 4.78 is 102. The lowest BCUT2D eigenvalue weighted by Gasteiger charge is -2.26. The van der Waals surface area contributed by atoms with E-state index in [4.69, 9.17) is 4.74 Å². The first-order valence-corrected chi connectivity index (χ1v) is 13.2. The van der Waals surface area contributed by atoms with Crippen LogP contribution in [0.25, 0.3) is 22.3 Å². The van der Waals surface area contributed by atoms with Crippen LogP contribution in [0.4, 0.5) is 52.9 Å². The third-order valence-corrected chi connectivity index (χ3v) is 6.81. The van der Waals surface area contributed by atoms with Gasteiger partial charge in [0, 0.05) is 31.7 Å². The lowest BCUT2D eigenvalue weighted by Crippen LogP contribution is -2.39. The molecule has 0 unspecified atom stereocenters. The number of ether oxygens (including phenoxy) is 1. The number of anilines is 3. The van der Waals surface area contributed by atoms with E-state index >= 15 is 0 Å². The number of morpholine rings is 1. The van der Waals surface area contributed by atoms with Crippen molar-refractivity contribution in [1.82, 2.24) is 25.1 Å². The number of hydrogen-bond donors (Lipinski definition) is 4. The van der Waals surface area contributed by atoms with Crippen molar-refractivity contribution in [3.05, 3.63) is 59.0 Å². The summed E-state index contributed by atoms with van der Waals surface area (Å²) >= 11 is 0. The molecule has 2 aromatic carbocycles. The number of hydrogen-bond acceptors (Lipinski definition) is 7. The second kappa shape index (κ2) is 12.2. The van der Waals surface area contributed by atoms with Gasteiger partial charge in [0.05, 0.1) is 52.5 Å². The van der Waals surface area contributed by atoms with Crippen LogP contribution in [0.3, 0.4) is 0 Å². The molecule has 1 fully saturated rings. The highest BCUT2D eigenvalue weighted by Crippen LogP contribution is 2.43. The van der Waals surface area contributed by atoms with Gasteiger partial charge in [-0.2, -0.15) is 36.4 Å². The van der Waals surface area contributed by atoms with Crippen LogP contribution in [0.5, 0.6) is 0 Å². The zero-order valence-corrected chi connectivity index (χ0v) is 23.0. The van der Waals surface area contributed by atoms with Crippen LogP contribution < -0.4 is 16.0 Å². The zero-order chi connectivity index (χ0) is 31.6. The summed E-state index contributed by atoms with van der Waals surface area (Å²) in [5, 5.41) is 13.7. The number of aryl methyl sites for hydroxylation is 1.